The summed E-state index contributed by atoms with van der Waals surface area (Å²) in [4.78, 5) is 31.0. The zero-order valence-corrected chi connectivity index (χ0v) is 18.2. The molecular formula is C22H23F3N6O3. The summed E-state index contributed by atoms with van der Waals surface area (Å²) in [6.07, 6.45) is -1.06. The van der Waals surface area contributed by atoms with Crippen LogP contribution in [0.25, 0.3) is 6.08 Å². The van der Waals surface area contributed by atoms with Crippen LogP contribution >= 0.6 is 0 Å². The number of ether oxygens (including phenoxy) is 1. The minimum Gasteiger partial charge on any atom is -0.406 e. The number of alkyl halides is 3. The van der Waals surface area contributed by atoms with E-state index in [9.17, 15) is 22.8 Å². The fourth-order valence-corrected chi connectivity index (χ4v) is 4.85. The number of halogens is 3. The van der Waals surface area contributed by atoms with Crippen molar-refractivity contribution in [2.45, 2.75) is 19.3 Å². The Morgan fingerprint density at radius 1 is 0.971 bits per heavy atom. The van der Waals surface area contributed by atoms with E-state index in [0.717, 1.165) is 11.4 Å². The quantitative estimate of drug-likeness (QED) is 0.686. The van der Waals surface area contributed by atoms with Crippen molar-refractivity contribution < 1.29 is 27.5 Å². The van der Waals surface area contributed by atoms with Crippen LogP contribution in [0.2, 0.25) is 0 Å². The number of aromatic amines is 1. The minimum absolute atomic E-state index is 0.00114. The number of amides is 3. The second kappa shape index (κ2) is 8.65. The van der Waals surface area contributed by atoms with Gasteiger partial charge in [0, 0.05) is 57.1 Å². The summed E-state index contributed by atoms with van der Waals surface area (Å²) in [5.74, 6) is -0.00837. The molecule has 2 atom stereocenters. The topological polar surface area (TPSA) is 94.7 Å². The predicted molar refractivity (Wildman–Crippen MR) is 113 cm³/mol. The first kappa shape index (κ1) is 22.2. The normalized spacial score (nSPS) is 22.3. The number of hydrogen-bond donors (Lipinski definition) is 1. The number of nitrogens with zero attached hydrogens (tertiary/aromatic N) is 5. The molecule has 2 fully saturated rings. The highest BCUT2D eigenvalue weighted by molar-refractivity contribution is 5.92. The van der Waals surface area contributed by atoms with E-state index in [4.69, 9.17) is 0 Å². The number of urea groups is 1. The molecule has 3 amide bonds. The Hall–Kier alpha value is -3.57. The molecule has 12 heteroatoms. The van der Waals surface area contributed by atoms with Crippen LogP contribution in [0, 0.1) is 11.8 Å². The molecule has 0 saturated carbocycles. The number of carbonyl (C=O) groups is 2. The smallest absolute Gasteiger partial charge is 0.406 e. The van der Waals surface area contributed by atoms with Crippen molar-refractivity contribution >= 4 is 18.0 Å². The van der Waals surface area contributed by atoms with Crippen molar-refractivity contribution in [3.05, 3.63) is 47.3 Å². The summed E-state index contributed by atoms with van der Waals surface area (Å²) in [5.41, 5.74) is 2.32. The number of rotatable bonds is 3. The average molecular weight is 476 g/mol. The Morgan fingerprint density at radius 2 is 1.62 bits per heavy atom. The summed E-state index contributed by atoms with van der Waals surface area (Å²) in [6, 6.07) is 5.31. The number of benzene rings is 1. The standard InChI is InChI=1S/C22H23F3N6O3/c23-22(24,25)34-17-4-1-14(2-5-17)3-6-20(32)30-9-15-11-31(12-16(15)10-30)21(33)29-8-7-18-19(13-29)27-28-26-18/h1-6,15-16H,7-13H2,(H,26,27,28)/b6-3+/t15-,16-/m1/s1. The molecule has 2 saturated heterocycles. The van der Waals surface area contributed by atoms with Crippen LogP contribution in [0.3, 0.4) is 0 Å². The summed E-state index contributed by atoms with van der Waals surface area (Å²) in [5, 5.41) is 10.8. The molecule has 2 aromatic rings. The Morgan fingerprint density at radius 3 is 2.29 bits per heavy atom. The number of hydrogen-bond acceptors (Lipinski definition) is 5. The predicted octanol–water partition coefficient (Wildman–Crippen LogP) is 2.29. The van der Waals surface area contributed by atoms with Gasteiger partial charge in [-0.25, -0.2) is 4.79 Å². The number of H-pyrrole nitrogens is 1. The SMILES string of the molecule is O=C(/C=C/c1ccc(OC(F)(F)F)cc1)N1C[C@@H]2CN(C(=O)N3CCc4n[nH]nc4C3)C[C@H]2C1. The van der Waals surface area contributed by atoms with Gasteiger partial charge < -0.3 is 19.4 Å². The zero-order chi connectivity index (χ0) is 23.9. The first-order valence-corrected chi connectivity index (χ1v) is 11.0. The lowest BCUT2D eigenvalue weighted by molar-refractivity contribution is -0.274. The van der Waals surface area contributed by atoms with E-state index in [1.807, 2.05) is 4.90 Å². The third-order valence-electron chi connectivity index (χ3n) is 6.53. The third-order valence-corrected chi connectivity index (χ3v) is 6.53. The van der Waals surface area contributed by atoms with Crippen LogP contribution in [0.1, 0.15) is 17.0 Å². The maximum atomic E-state index is 13.0. The molecule has 4 heterocycles. The highest BCUT2D eigenvalue weighted by atomic mass is 19.4. The van der Waals surface area contributed by atoms with Gasteiger partial charge in [0.15, 0.2) is 0 Å². The van der Waals surface area contributed by atoms with Crippen LogP contribution in [0.4, 0.5) is 18.0 Å². The van der Waals surface area contributed by atoms with Crippen molar-refractivity contribution in [3.63, 3.8) is 0 Å². The van der Waals surface area contributed by atoms with Gasteiger partial charge in [-0.15, -0.1) is 13.2 Å². The number of likely N-dealkylation sites (tertiary alicyclic amines) is 2. The van der Waals surface area contributed by atoms with Crippen molar-refractivity contribution in [2.75, 3.05) is 32.7 Å². The van der Waals surface area contributed by atoms with E-state index in [0.29, 0.717) is 51.3 Å². The number of carbonyl (C=O) groups excluding carboxylic acids is 2. The second-order valence-electron chi connectivity index (χ2n) is 8.79. The molecule has 0 aliphatic carbocycles. The van der Waals surface area contributed by atoms with Crippen LogP contribution in [0.5, 0.6) is 5.75 Å². The molecule has 1 N–H and O–H groups in total. The van der Waals surface area contributed by atoms with Gasteiger partial charge >= 0.3 is 12.4 Å². The number of fused-ring (bicyclic) bond motifs is 2. The summed E-state index contributed by atoms with van der Waals surface area (Å²) < 4.78 is 40.6. The van der Waals surface area contributed by atoms with Crippen LogP contribution < -0.4 is 4.74 Å². The van der Waals surface area contributed by atoms with E-state index < -0.39 is 6.36 Å². The summed E-state index contributed by atoms with van der Waals surface area (Å²) in [7, 11) is 0. The molecule has 9 nitrogen and oxygen atoms in total. The van der Waals surface area contributed by atoms with Crippen molar-refractivity contribution in [1.82, 2.24) is 30.1 Å². The van der Waals surface area contributed by atoms with Crippen molar-refractivity contribution in [3.8, 4) is 5.75 Å². The van der Waals surface area contributed by atoms with Gasteiger partial charge in [-0.3, -0.25) is 4.79 Å². The first-order chi connectivity index (χ1) is 16.2. The van der Waals surface area contributed by atoms with E-state index in [1.165, 1.54) is 30.3 Å². The first-order valence-electron chi connectivity index (χ1n) is 11.0. The lowest BCUT2D eigenvalue weighted by atomic mass is 10.0. The van der Waals surface area contributed by atoms with Gasteiger partial charge in [0.1, 0.15) is 11.4 Å². The van der Waals surface area contributed by atoms with Gasteiger partial charge in [0.05, 0.1) is 12.2 Å². The monoisotopic (exact) mass is 476 g/mol. The zero-order valence-electron chi connectivity index (χ0n) is 18.2. The number of aromatic nitrogens is 3. The Bertz CT molecular complexity index is 1090. The Kier molecular flexibility index (Phi) is 5.66. The molecule has 0 unspecified atom stereocenters. The fraction of sp³-hybridized carbons (Fsp3) is 0.455. The second-order valence-corrected chi connectivity index (χ2v) is 8.79. The van der Waals surface area contributed by atoms with Gasteiger partial charge in [0.2, 0.25) is 5.91 Å². The molecule has 3 aliphatic rings. The molecule has 3 aliphatic heterocycles. The van der Waals surface area contributed by atoms with E-state index in [-0.39, 0.29) is 29.5 Å². The van der Waals surface area contributed by atoms with Gasteiger partial charge in [0.25, 0.3) is 0 Å². The molecule has 1 aromatic carbocycles. The average Bonchev–Trinajstić information content (AvgIpc) is 3.51. The fourth-order valence-electron chi connectivity index (χ4n) is 4.85. The minimum atomic E-state index is -4.74. The maximum absolute atomic E-state index is 13.0. The van der Waals surface area contributed by atoms with Crippen molar-refractivity contribution in [1.29, 1.82) is 0 Å². The van der Waals surface area contributed by atoms with E-state index in [1.54, 1.807) is 15.9 Å². The van der Waals surface area contributed by atoms with Crippen LogP contribution in [-0.4, -0.2) is 81.1 Å². The van der Waals surface area contributed by atoms with Crippen LogP contribution in [0.15, 0.2) is 30.3 Å². The molecule has 180 valence electrons. The number of nitrogens with one attached hydrogen (secondary N) is 1. The van der Waals surface area contributed by atoms with Crippen LogP contribution in [-0.2, 0) is 17.8 Å². The van der Waals surface area contributed by atoms with Crippen molar-refractivity contribution in [2.24, 2.45) is 11.8 Å². The molecule has 1 aromatic heterocycles. The highest BCUT2D eigenvalue weighted by Gasteiger charge is 2.43. The maximum Gasteiger partial charge on any atom is 0.573 e. The molecule has 34 heavy (non-hydrogen) atoms. The highest BCUT2D eigenvalue weighted by Crippen LogP contribution is 2.32. The summed E-state index contributed by atoms with van der Waals surface area (Å²) >= 11 is 0. The van der Waals surface area contributed by atoms with Gasteiger partial charge in [-0.2, -0.15) is 15.4 Å². The molecule has 5 rings (SSSR count). The van der Waals surface area contributed by atoms with E-state index in [2.05, 4.69) is 20.1 Å². The Labute approximate surface area is 193 Å². The van der Waals surface area contributed by atoms with Gasteiger partial charge in [-0.1, -0.05) is 12.1 Å². The van der Waals surface area contributed by atoms with E-state index >= 15 is 0 Å². The lowest BCUT2D eigenvalue weighted by Crippen LogP contribution is -2.45. The molecule has 0 radical (unpaired) electrons. The Balaban J connectivity index is 1.12. The molecule has 0 spiro atoms. The molecule has 0 bridgehead atoms. The van der Waals surface area contributed by atoms with Gasteiger partial charge in [-0.05, 0) is 23.8 Å². The lowest BCUT2D eigenvalue weighted by Gasteiger charge is -2.30. The third kappa shape index (κ3) is 4.70. The molecular weight excluding hydrogens is 453 g/mol. The largest absolute Gasteiger partial charge is 0.573 e. The summed E-state index contributed by atoms with van der Waals surface area (Å²) in [6.45, 7) is 3.44.